The van der Waals surface area contributed by atoms with Crippen LogP contribution in [0.1, 0.15) is 78.6 Å². The SMILES string of the molecule is CC(C)(C)OC(=O)NC(CC1CCCCCCCC1)C(=O)O. The van der Waals surface area contributed by atoms with Crippen molar-refractivity contribution in [1.82, 2.24) is 5.32 Å². The Morgan fingerprint density at radius 3 is 2.05 bits per heavy atom. The molecule has 1 atom stereocenters. The van der Waals surface area contributed by atoms with Gasteiger partial charge >= 0.3 is 12.1 Å². The van der Waals surface area contributed by atoms with Gasteiger partial charge in [0.05, 0.1) is 0 Å². The molecule has 0 aromatic heterocycles. The van der Waals surface area contributed by atoms with Crippen molar-refractivity contribution in [3.05, 3.63) is 0 Å². The Morgan fingerprint density at radius 2 is 1.59 bits per heavy atom. The molecule has 0 spiro atoms. The van der Waals surface area contributed by atoms with E-state index >= 15 is 0 Å². The first kappa shape index (κ1) is 18.8. The highest BCUT2D eigenvalue weighted by atomic mass is 16.6. The lowest BCUT2D eigenvalue weighted by atomic mass is 9.90. The van der Waals surface area contributed by atoms with Crippen LogP contribution in [0.15, 0.2) is 0 Å². The summed E-state index contributed by atoms with van der Waals surface area (Å²) >= 11 is 0. The highest BCUT2D eigenvalue weighted by Gasteiger charge is 2.26. The summed E-state index contributed by atoms with van der Waals surface area (Å²) in [5.74, 6) is -0.611. The number of alkyl carbamates (subject to hydrolysis) is 1. The molecule has 1 fully saturated rings. The third-order valence-corrected chi connectivity index (χ3v) is 4.03. The van der Waals surface area contributed by atoms with Gasteiger partial charge in [-0.15, -0.1) is 0 Å². The lowest BCUT2D eigenvalue weighted by Gasteiger charge is -2.24. The summed E-state index contributed by atoms with van der Waals surface area (Å²) in [6.07, 6.45) is 9.29. The second-order valence-corrected chi connectivity index (χ2v) is 7.34. The zero-order chi connectivity index (χ0) is 16.6. The van der Waals surface area contributed by atoms with Crippen molar-refractivity contribution in [3.8, 4) is 0 Å². The summed E-state index contributed by atoms with van der Waals surface area (Å²) < 4.78 is 5.16. The number of nitrogens with one attached hydrogen (secondary N) is 1. The minimum atomic E-state index is -0.981. The van der Waals surface area contributed by atoms with Gasteiger partial charge in [-0.05, 0) is 33.1 Å². The number of rotatable bonds is 4. The minimum absolute atomic E-state index is 0.370. The van der Waals surface area contributed by atoms with E-state index in [0.717, 1.165) is 25.7 Å². The Balaban J connectivity index is 2.54. The van der Waals surface area contributed by atoms with Crippen LogP contribution < -0.4 is 5.32 Å². The Hall–Kier alpha value is -1.26. The monoisotopic (exact) mass is 313 g/mol. The van der Waals surface area contributed by atoms with E-state index in [1.807, 2.05) is 0 Å². The molecule has 5 nitrogen and oxygen atoms in total. The van der Waals surface area contributed by atoms with Crippen LogP contribution in [0.5, 0.6) is 0 Å². The van der Waals surface area contributed by atoms with Crippen LogP contribution in [0, 0.1) is 5.92 Å². The number of carboxylic acids is 1. The predicted octanol–water partition coefficient (Wildman–Crippen LogP) is 4.11. The Bertz CT molecular complexity index is 352. The van der Waals surface area contributed by atoms with E-state index in [4.69, 9.17) is 4.74 Å². The predicted molar refractivity (Wildman–Crippen MR) is 85.8 cm³/mol. The molecular formula is C17H31NO4. The maximum atomic E-state index is 11.8. The normalized spacial score (nSPS) is 19.4. The van der Waals surface area contributed by atoms with Gasteiger partial charge in [-0.3, -0.25) is 0 Å². The third kappa shape index (κ3) is 8.25. The first-order valence-corrected chi connectivity index (χ1v) is 8.50. The fourth-order valence-corrected chi connectivity index (χ4v) is 2.96. The number of hydrogen-bond donors (Lipinski definition) is 2. The second-order valence-electron chi connectivity index (χ2n) is 7.34. The molecule has 22 heavy (non-hydrogen) atoms. The number of carbonyl (C=O) groups is 2. The molecule has 0 bridgehead atoms. The van der Waals surface area contributed by atoms with E-state index in [0.29, 0.717) is 12.3 Å². The Labute approximate surface area is 133 Å². The smallest absolute Gasteiger partial charge is 0.408 e. The fraction of sp³-hybridized carbons (Fsp3) is 0.882. The summed E-state index contributed by atoms with van der Waals surface area (Å²) in [6, 6.07) is -0.861. The van der Waals surface area contributed by atoms with Gasteiger partial charge in [-0.2, -0.15) is 0 Å². The van der Waals surface area contributed by atoms with Crippen molar-refractivity contribution in [2.45, 2.75) is 90.2 Å². The summed E-state index contributed by atoms with van der Waals surface area (Å²) in [5, 5.41) is 11.9. The van der Waals surface area contributed by atoms with Gasteiger partial charge in [0.2, 0.25) is 0 Å². The zero-order valence-electron chi connectivity index (χ0n) is 14.2. The van der Waals surface area contributed by atoms with Crippen molar-refractivity contribution in [2.24, 2.45) is 5.92 Å². The van der Waals surface area contributed by atoms with E-state index in [-0.39, 0.29) is 0 Å². The maximum absolute atomic E-state index is 11.8. The maximum Gasteiger partial charge on any atom is 0.408 e. The van der Waals surface area contributed by atoms with Gasteiger partial charge in [0.1, 0.15) is 11.6 Å². The van der Waals surface area contributed by atoms with Gasteiger partial charge < -0.3 is 15.2 Å². The first-order chi connectivity index (χ1) is 10.3. The van der Waals surface area contributed by atoms with E-state index in [1.165, 1.54) is 25.7 Å². The molecule has 0 radical (unpaired) electrons. The molecule has 5 heteroatoms. The number of carboxylic acid groups (broad SMARTS) is 1. The fourth-order valence-electron chi connectivity index (χ4n) is 2.96. The van der Waals surface area contributed by atoms with Crippen molar-refractivity contribution in [2.75, 3.05) is 0 Å². The van der Waals surface area contributed by atoms with Gasteiger partial charge in [0, 0.05) is 0 Å². The van der Waals surface area contributed by atoms with E-state index in [9.17, 15) is 14.7 Å². The van der Waals surface area contributed by atoms with Crippen LogP contribution in [0.2, 0.25) is 0 Å². The minimum Gasteiger partial charge on any atom is -0.480 e. The van der Waals surface area contributed by atoms with Crippen LogP contribution in [-0.2, 0) is 9.53 Å². The molecule has 128 valence electrons. The van der Waals surface area contributed by atoms with Gasteiger partial charge in [-0.25, -0.2) is 9.59 Å². The van der Waals surface area contributed by atoms with Crippen LogP contribution in [0.25, 0.3) is 0 Å². The topological polar surface area (TPSA) is 75.6 Å². The van der Waals surface area contributed by atoms with E-state index in [2.05, 4.69) is 5.32 Å². The molecule has 1 amide bonds. The quantitative estimate of drug-likeness (QED) is 0.819. The average molecular weight is 313 g/mol. The highest BCUT2D eigenvalue weighted by Crippen LogP contribution is 2.25. The Morgan fingerprint density at radius 1 is 1.09 bits per heavy atom. The summed E-state index contributed by atoms with van der Waals surface area (Å²) in [4.78, 5) is 23.2. The standard InChI is InChI=1S/C17H31NO4/c1-17(2,3)22-16(21)18-14(15(19)20)12-13-10-8-6-4-5-7-9-11-13/h13-14H,4-12H2,1-3H3,(H,18,21)(H,19,20). The molecule has 1 aliphatic rings. The molecule has 0 heterocycles. The van der Waals surface area contributed by atoms with Gasteiger partial charge in [0.15, 0.2) is 0 Å². The van der Waals surface area contributed by atoms with Crippen molar-refractivity contribution in [1.29, 1.82) is 0 Å². The van der Waals surface area contributed by atoms with Crippen LogP contribution in [-0.4, -0.2) is 28.8 Å². The largest absolute Gasteiger partial charge is 0.480 e. The molecule has 1 rings (SSSR count). The van der Waals surface area contributed by atoms with Gasteiger partial charge in [-0.1, -0.05) is 51.4 Å². The average Bonchev–Trinajstić information content (AvgIpc) is 2.49. The second kappa shape index (κ2) is 9.01. The number of aliphatic carboxylic acids is 1. The molecule has 2 N–H and O–H groups in total. The number of amides is 1. The first-order valence-electron chi connectivity index (χ1n) is 8.50. The third-order valence-electron chi connectivity index (χ3n) is 4.03. The highest BCUT2D eigenvalue weighted by molar-refractivity contribution is 5.80. The molecule has 0 aromatic carbocycles. The molecule has 1 saturated carbocycles. The van der Waals surface area contributed by atoms with E-state index < -0.39 is 23.7 Å². The van der Waals surface area contributed by atoms with Crippen molar-refractivity contribution < 1.29 is 19.4 Å². The number of ether oxygens (including phenoxy) is 1. The molecular weight excluding hydrogens is 282 g/mol. The summed E-state index contributed by atoms with van der Waals surface area (Å²) in [7, 11) is 0. The van der Waals surface area contributed by atoms with Crippen molar-refractivity contribution >= 4 is 12.1 Å². The summed E-state index contributed by atoms with van der Waals surface area (Å²) in [6.45, 7) is 5.29. The lowest BCUT2D eigenvalue weighted by molar-refractivity contribution is -0.140. The number of hydrogen-bond acceptors (Lipinski definition) is 3. The summed E-state index contributed by atoms with van der Waals surface area (Å²) in [5.41, 5.74) is -0.620. The van der Waals surface area contributed by atoms with Crippen LogP contribution in [0.4, 0.5) is 4.79 Å². The molecule has 0 saturated heterocycles. The zero-order valence-corrected chi connectivity index (χ0v) is 14.2. The molecule has 1 unspecified atom stereocenters. The van der Waals surface area contributed by atoms with Gasteiger partial charge in [0.25, 0.3) is 0 Å². The lowest BCUT2D eigenvalue weighted by Crippen LogP contribution is -2.44. The van der Waals surface area contributed by atoms with Crippen LogP contribution >= 0.6 is 0 Å². The van der Waals surface area contributed by atoms with E-state index in [1.54, 1.807) is 20.8 Å². The van der Waals surface area contributed by atoms with Crippen LogP contribution in [0.3, 0.4) is 0 Å². The Kier molecular flexibility index (Phi) is 7.69. The van der Waals surface area contributed by atoms with Crippen molar-refractivity contribution in [3.63, 3.8) is 0 Å². The molecule has 1 aliphatic carbocycles. The number of carbonyl (C=O) groups excluding carboxylic acids is 1. The molecule has 0 aliphatic heterocycles. The molecule has 0 aromatic rings.